The average Bonchev–Trinajstić information content (AvgIpc) is 3.18. The lowest BCUT2D eigenvalue weighted by molar-refractivity contribution is 0.137. The smallest absolute Gasteiger partial charge is 0.225 e. The maximum atomic E-state index is 5.58. The molecule has 0 unspecified atom stereocenters. The molecule has 0 radical (unpaired) electrons. The van der Waals surface area contributed by atoms with Crippen molar-refractivity contribution >= 4 is 28.6 Å². The van der Waals surface area contributed by atoms with E-state index in [0.717, 1.165) is 61.4 Å². The minimum Gasteiger partial charge on any atom is -0.380 e. The number of piperidine rings is 1. The summed E-state index contributed by atoms with van der Waals surface area (Å²) in [7, 11) is 0. The molecule has 0 aliphatic carbocycles. The highest BCUT2D eigenvalue weighted by atomic mass is 16.5. The Morgan fingerprint density at radius 3 is 2.66 bits per heavy atom. The van der Waals surface area contributed by atoms with Crippen LogP contribution in [0.1, 0.15) is 39.3 Å². The zero-order chi connectivity index (χ0) is 22.3. The molecule has 9 nitrogen and oxygen atoms in total. The minimum absolute atomic E-state index is 0.371. The summed E-state index contributed by atoms with van der Waals surface area (Å²) >= 11 is 0. The highest BCUT2D eigenvalue weighted by molar-refractivity contribution is 5.90. The standard InChI is InChI=1S/C23H34N8O/c1-4-18-20-21(31(29-18)15-16-32-6-3)22(26-19-9-7-8-12-24-19)28-23(27-20)25-17-10-13-30(5-2)14-11-17/h7-9,12,17H,4-6,10-11,13-16H2,1-3H3,(H2,24,25,26,27,28). The Morgan fingerprint density at radius 1 is 1.12 bits per heavy atom. The van der Waals surface area contributed by atoms with E-state index in [0.29, 0.717) is 37.6 Å². The van der Waals surface area contributed by atoms with Crippen molar-refractivity contribution in [2.45, 2.75) is 52.6 Å². The van der Waals surface area contributed by atoms with Gasteiger partial charge >= 0.3 is 0 Å². The molecule has 9 heteroatoms. The first-order valence-electron chi connectivity index (χ1n) is 11.7. The molecule has 1 aliphatic rings. The zero-order valence-electron chi connectivity index (χ0n) is 19.3. The number of likely N-dealkylation sites (tertiary alicyclic amines) is 1. The van der Waals surface area contributed by atoms with E-state index in [2.05, 4.69) is 34.4 Å². The van der Waals surface area contributed by atoms with E-state index in [1.54, 1.807) is 6.20 Å². The molecule has 0 bridgehead atoms. The van der Waals surface area contributed by atoms with Crippen molar-refractivity contribution < 1.29 is 4.74 Å². The molecule has 4 rings (SSSR count). The predicted octanol–water partition coefficient (Wildman–Crippen LogP) is 3.46. The molecular weight excluding hydrogens is 404 g/mol. The summed E-state index contributed by atoms with van der Waals surface area (Å²) in [5.41, 5.74) is 2.73. The third-order valence-corrected chi connectivity index (χ3v) is 5.92. The van der Waals surface area contributed by atoms with Crippen LogP contribution in [0.25, 0.3) is 11.0 Å². The molecule has 2 N–H and O–H groups in total. The number of pyridine rings is 1. The number of nitrogens with zero attached hydrogens (tertiary/aromatic N) is 6. The molecule has 0 saturated carbocycles. The molecule has 32 heavy (non-hydrogen) atoms. The molecular formula is C23H34N8O. The number of nitrogens with one attached hydrogen (secondary N) is 2. The summed E-state index contributed by atoms with van der Waals surface area (Å²) in [5.74, 6) is 2.10. The second kappa shape index (κ2) is 10.7. The van der Waals surface area contributed by atoms with Crippen molar-refractivity contribution in [3.05, 3.63) is 30.1 Å². The first-order chi connectivity index (χ1) is 15.7. The SMILES string of the molecule is CCOCCn1nc(CC)c2nc(NC3CCN(CC)CC3)nc(Nc3ccccn3)c21. The zero-order valence-corrected chi connectivity index (χ0v) is 19.3. The number of hydrogen-bond donors (Lipinski definition) is 2. The van der Waals surface area contributed by atoms with Gasteiger partial charge in [-0.15, -0.1) is 0 Å². The Kier molecular flexibility index (Phi) is 7.49. The predicted molar refractivity (Wildman–Crippen MR) is 127 cm³/mol. The molecule has 0 spiro atoms. The van der Waals surface area contributed by atoms with Gasteiger partial charge in [0.1, 0.15) is 16.9 Å². The Hall–Kier alpha value is -2.78. The Bertz CT molecular complexity index is 998. The summed E-state index contributed by atoms with van der Waals surface area (Å²) < 4.78 is 7.54. The Labute approximate surface area is 189 Å². The van der Waals surface area contributed by atoms with Crippen LogP contribution >= 0.6 is 0 Å². The van der Waals surface area contributed by atoms with E-state index in [-0.39, 0.29) is 0 Å². The highest BCUT2D eigenvalue weighted by Crippen LogP contribution is 2.28. The van der Waals surface area contributed by atoms with Crippen LogP contribution in [0.2, 0.25) is 0 Å². The van der Waals surface area contributed by atoms with Crippen molar-refractivity contribution in [3.8, 4) is 0 Å². The maximum Gasteiger partial charge on any atom is 0.225 e. The Morgan fingerprint density at radius 2 is 1.97 bits per heavy atom. The molecule has 0 amide bonds. The van der Waals surface area contributed by atoms with Crippen molar-refractivity contribution in [1.29, 1.82) is 0 Å². The van der Waals surface area contributed by atoms with Crippen LogP contribution in [0, 0.1) is 0 Å². The molecule has 0 aromatic carbocycles. The van der Waals surface area contributed by atoms with E-state index in [1.165, 1.54) is 0 Å². The highest BCUT2D eigenvalue weighted by Gasteiger charge is 2.22. The van der Waals surface area contributed by atoms with E-state index < -0.39 is 0 Å². The van der Waals surface area contributed by atoms with Crippen molar-refractivity contribution in [1.82, 2.24) is 29.6 Å². The fourth-order valence-corrected chi connectivity index (χ4v) is 4.12. The van der Waals surface area contributed by atoms with Gasteiger partial charge in [-0.05, 0) is 44.9 Å². The fraction of sp³-hybridized carbons (Fsp3) is 0.565. The second-order valence-corrected chi connectivity index (χ2v) is 8.01. The van der Waals surface area contributed by atoms with Gasteiger partial charge in [-0.25, -0.2) is 9.97 Å². The summed E-state index contributed by atoms with van der Waals surface area (Å²) in [5, 5.41) is 11.8. The van der Waals surface area contributed by atoms with Gasteiger partial charge in [-0.1, -0.05) is 19.9 Å². The van der Waals surface area contributed by atoms with Gasteiger partial charge in [0.2, 0.25) is 5.95 Å². The first kappa shape index (κ1) is 22.4. The van der Waals surface area contributed by atoms with Crippen molar-refractivity contribution in [2.24, 2.45) is 0 Å². The van der Waals surface area contributed by atoms with Gasteiger partial charge in [0.15, 0.2) is 5.82 Å². The maximum absolute atomic E-state index is 5.58. The van der Waals surface area contributed by atoms with Crippen LogP contribution in [-0.4, -0.2) is 68.5 Å². The molecule has 3 aromatic heterocycles. The van der Waals surface area contributed by atoms with Gasteiger partial charge in [0, 0.05) is 31.9 Å². The van der Waals surface area contributed by atoms with E-state index in [1.807, 2.05) is 29.8 Å². The largest absolute Gasteiger partial charge is 0.380 e. The lowest BCUT2D eigenvalue weighted by Crippen LogP contribution is -2.39. The van der Waals surface area contributed by atoms with Gasteiger partial charge in [-0.3, -0.25) is 4.68 Å². The van der Waals surface area contributed by atoms with Crippen LogP contribution in [0.15, 0.2) is 24.4 Å². The normalized spacial score (nSPS) is 15.3. The monoisotopic (exact) mass is 438 g/mol. The molecule has 1 fully saturated rings. The molecule has 4 heterocycles. The summed E-state index contributed by atoms with van der Waals surface area (Å²) in [6.07, 6.45) is 4.75. The Balaban J connectivity index is 1.68. The van der Waals surface area contributed by atoms with E-state index in [4.69, 9.17) is 19.8 Å². The molecule has 0 atom stereocenters. The molecule has 172 valence electrons. The fourth-order valence-electron chi connectivity index (χ4n) is 4.12. The number of aromatic nitrogens is 5. The third-order valence-electron chi connectivity index (χ3n) is 5.92. The topological polar surface area (TPSA) is 93.0 Å². The van der Waals surface area contributed by atoms with E-state index in [9.17, 15) is 0 Å². The van der Waals surface area contributed by atoms with Gasteiger partial charge < -0.3 is 20.3 Å². The van der Waals surface area contributed by atoms with Gasteiger partial charge in [0.05, 0.1) is 18.8 Å². The van der Waals surface area contributed by atoms with E-state index >= 15 is 0 Å². The van der Waals surface area contributed by atoms with Crippen molar-refractivity contribution in [3.63, 3.8) is 0 Å². The minimum atomic E-state index is 0.371. The lowest BCUT2D eigenvalue weighted by Gasteiger charge is -2.31. The average molecular weight is 439 g/mol. The van der Waals surface area contributed by atoms with Crippen LogP contribution < -0.4 is 10.6 Å². The number of aryl methyl sites for hydroxylation is 1. The number of fused-ring (bicyclic) bond motifs is 1. The summed E-state index contributed by atoms with van der Waals surface area (Å²) in [6, 6.07) is 6.16. The quantitative estimate of drug-likeness (QED) is 0.465. The summed E-state index contributed by atoms with van der Waals surface area (Å²) in [4.78, 5) is 16.7. The molecule has 1 saturated heterocycles. The number of rotatable bonds is 10. The molecule has 1 aliphatic heterocycles. The van der Waals surface area contributed by atoms with Gasteiger partial charge in [-0.2, -0.15) is 10.1 Å². The number of ether oxygens (including phenoxy) is 1. The van der Waals surface area contributed by atoms with Crippen LogP contribution in [-0.2, 0) is 17.7 Å². The number of anilines is 3. The van der Waals surface area contributed by atoms with Gasteiger partial charge in [0.25, 0.3) is 0 Å². The number of hydrogen-bond acceptors (Lipinski definition) is 8. The lowest BCUT2D eigenvalue weighted by atomic mass is 10.1. The van der Waals surface area contributed by atoms with Crippen LogP contribution in [0.5, 0.6) is 0 Å². The second-order valence-electron chi connectivity index (χ2n) is 8.01. The third kappa shape index (κ3) is 5.16. The van der Waals surface area contributed by atoms with Crippen LogP contribution in [0.4, 0.5) is 17.6 Å². The first-order valence-corrected chi connectivity index (χ1v) is 11.7. The van der Waals surface area contributed by atoms with Crippen molar-refractivity contribution in [2.75, 3.05) is 43.5 Å². The molecule has 3 aromatic rings. The van der Waals surface area contributed by atoms with Crippen LogP contribution in [0.3, 0.4) is 0 Å². The summed E-state index contributed by atoms with van der Waals surface area (Å²) in [6.45, 7) is 11.6.